The average Bonchev–Trinajstić information content (AvgIpc) is 3.04. The Hall–Kier alpha value is -3.09. The molecule has 2 aliphatic heterocycles. The molecule has 1 fully saturated rings. The Morgan fingerprint density at radius 1 is 1.22 bits per heavy atom. The van der Waals surface area contributed by atoms with Gasteiger partial charge in [-0.3, -0.25) is 4.99 Å². The molecule has 1 aromatic carbocycles. The summed E-state index contributed by atoms with van der Waals surface area (Å²) in [5, 5.41) is 0.916. The molecular formula is C25H31FN4O2. The molecule has 2 aromatic rings. The standard InChI is InChI=1S/C25H31FN4O2/c1-16-10-11-27-23-21(19(14-28-23)18-8-6-7-9-20(18)26)22(16)30-13-12-29(15-17(30)2)24(31)32-25(3,4)5/h6-10,14,17H,11-13,15H2,1-5H3,(H,27,28)/t17-/m0/s1. The van der Waals surface area contributed by atoms with Crippen molar-refractivity contribution < 1.29 is 13.9 Å². The number of nitrogens with one attached hydrogen (secondary N) is 1. The summed E-state index contributed by atoms with van der Waals surface area (Å²) in [5.74, 6) is -0.262. The van der Waals surface area contributed by atoms with Gasteiger partial charge < -0.3 is 19.5 Å². The highest BCUT2D eigenvalue weighted by atomic mass is 19.1. The minimum Gasteiger partial charge on any atom is -0.444 e. The van der Waals surface area contributed by atoms with Crippen LogP contribution in [0.25, 0.3) is 16.8 Å². The van der Waals surface area contributed by atoms with E-state index in [0.29, 0.717) is 31.7 Å². The number of halogens is 1. The van der Waals surface area contributed by atoms with E-state index in [0.717, 1.165) is 27.5 Å². The summed E-state index contributed by atoms with van der Waals surface area (Å²) in [7, 11) is 0. The quantitative estimate of drug-likeness (QED) is 0.781. The van der Waals surface area contributed by atoms with Gasteiger partial charge in [0, 0.05) is 48.2 Å². The molecule has 1 atom stereocenters. The lowest BCUT2D eigenvalue weighted by Crippen LogP contribution is -2.55. The number of nitrogens with zero attached hydrogens (tertiary/aromatic N) is 3. The number of piperazine rings is 1. The SMILES string of the molecule is CC1=CCN=c2[nH]cc(-c3ccccc3F)c2=C1N1CCN(C(=O)OC(C)(C)C)C[C@@H]1C. The van der Waals surface area contributed by atoms with Crippen molar-refractivity contribution >= 4 is 11.8 Å². The molecule has 6 nitrogen and oxygen atoms in total. The third kappa shape index (κ3) is 4.29. The van der Waals surface area contributed by atoms with Crippen molar-refractivity contribution in [2.24, 2.45) is 4.99 Å². The van der Waals surface area contributed by atoms with Gasteiger partial charge in [0.15, 0.2) is 0 Å². The summed E-state index contributed by atoms with van der Waals surface area (Å²) in [5.41, 5.74) is 3.72. The number of hydrogen-bond acceptors (Lipinski definition) is 4. The molecule has 0 saturated carbocycles. The van der Waals surface area contributed by atoms with Gasteiger partial charge >= 0.3 is 6.09 Å². The highest BCUT2D eigenvalue weighted by molar-refractivity contribution is 5.73. The predicted molar refractivity (Wildman–Crippen MR) is 123 cm³/mol. The first-order valence-electron chi connectivity index (χ1n) is 11.1. The zero-order valence-corrected chi connectivity index (χ0v) is 19.4. The maximum atomic E-state index is 14.7. The van der Waals surface area contributed by atoms with E-state index in [2.05, 4.69) is 34.8 Å². The molecule has 7 heteroatoms. The van der Waals surface area contributed by atoms with Crippen LogP contribution in [0, 0.1) is 5.82 Å². The van der Waals surface area contributed by atoms with E-state index in [1.54, 1.807) is 17.0 Å². The van der Waals surface area contributed by atoms with Crippen molar-refractivity contribution in [1.29, 1.82) is 0 Å². The summed E-state index contributed by atoms with van der Waals surface area (Å²) < 4.78 is 20.3. The first kappa shape index (κ1) is 22.1. The molecule has 1 N–H and O–H groups in total. The van der Waals surface area contributed by atoms with Gasteiger partial charge in [-0.05, 0) is 46.3 Å². The molecule has 0 bridgehead atoms. The lowest BCUT2D eigenvalue weighted by atomic mass is 10.0. The fraction of sp³-hybridized carbons (Fsp3) is 0.440. The number of hydrogen-bond donors (Lipinski definition) is 1. The molecule has 0 spiro atoms. The second-order valence-corrected chi connectivity index (χ2v) is 9.45. The summed E-state index contributed by atoms with van der Waals surface area (Å²) in [6, 6.07) is 6.87. The van der Waals surface area contributed by atoms with Crippen molar-refractivity contribution in [2.75, 3.05) is 26.2 Å². The summed E-state index contributed by atoms with van der Waals surface area (Å²) in [6.07, 6.45) is 3.65. The van der Waals surface area contributed by atoms with Crippen LogP contribution in [0.1, 0.15) is 34.6 Å². The Kier molecular flexibility index (Phi) is 5.84. The second-order valence-electron chi connectivity index (χ2n) is 9.45. The van der Waals surface area contributed by atoms with E-state index in [1.807, 2.05) is 33.0 Å². The zero-order chi connectivity index (χ0) is 23.0. The van der Waals surface area contributed by atoms with Crippen molar-refractivity contribution in [3.63, 3.8) is 0 Å². The number of ether oxygens (including phenoxy) is 1. The zero-order valence-electron chi connectivity index (χ0n) is 19.4. The van der Waals surface area contributed by atoms with Crippen LogP contribution in [0.15, 0.2) is 47.1 Å². The smallest absolute Gasteiger partial charge is 0.410 e. The second kappa shape index (κ2) is 8.45. The van der Waals surface area contributed by atoms with Gasteiger partial charge in [0.2, 0.25) is 0 Å². The van der Waals surface area contributed by atoms with Gasteiger partial charge in [0.1, 0.15) is 16.9 Å². The Balaban J connectivity index is 1.76. The van der Waals surface area contributed by atoms with Crippen LogP contribution >= 0.6 is 0 Å². The van der Waals surface area contributed by atoms with E-state index in [4.69, 9.17) is 4.74 Å². The van der Waals surface area contributed by atoms with Crippen LogP contribution in [-0.4, -0.2) is 58.7 Å². The average molecular weight is 439 g/mol. The van der Waals surface area contributed by atoms with Crippen molar-refractivity contribution in [3.8, 4) is 11.1 Å². The normalized spacial score (nSPS) is 19.1. The molecule has 0 unspecified atom stereocenters. The number of H-pyrrole nitrogens is 1. The summed E-state index contributed by atoms with van der Waals surface area (Å²) in [6.45, 7) is 12.1. The van der Waals surface area contributed by atoms with E-state index >= 15 is 0 Å². The Bertz CT molecular complexity index is 1180. The fourth-order valence-electron chi connectivity index (χ4n) is 4.39. The number of fused-ring (bicyclic) bond motifs is 1. The van der Waals surface area contributed by atoms with Crippen molar-refractivity contribution in [1.82, 2.24) is 14.8 Å². The lowest BCUT2D eigenvalue weighted by Gasteiger charge is -2.42. The number of carbonyl (C=O) groups excluding carboxylic acids is 1. The first-order valence-corrected chi connectivity index (χ1v) is 11.1. The van der Waals surface area contributed by atoms with Gasteiger partial charge in [-0.25, -0.2) is 9.18 Å². The van der Waals surface area contributed by atoms with Crippen LogP contribution in [0.2, 0.25) is 0 Å². The Morgan fingerprint density at radius 2 is 1.97 bits per heavy atom. The molecule has 32 heavy (non-hydrogen) atoms. The van der Waals surface area contributed by atoms with Gasteiger partial charge in [0.05, 0.1) is 12.2 Å². The van der Waals surface area contributed by atoms with E-state index < -0.39 is 5.60 Å². The molecule has 2 aliphatic rings. The van der Waals surface area contributed by atoms with Gasteiger partial charge in [-0.15, -0.1) is 0 Å². The third-order valence-electron chi connectivity index (χ3n) is 5.85. The highest BCUT2D eigenvalue weighted by Gasteiger charge is 2.32. The predicted octanol–water partition coefficient (Wildman–Crippen LogP) is 3.45. The molecular weight excluding hydrogens is 407 g/mol. The topological polar surface area (TPSA) is 60.9 Å². The monoisotopic (exact) mass is 438 g/mol. The molecule has 170 valence electrons. The fourth-order valence-corrected chi connectivity index (χ4v) is 4.39. The van der Waals surface area contributed by atoms with Crippen molar-refractivity contribution in [2.45, 2.75) is 46.3 Å². The summed E-state index contributed by atoms with van der Waals surface area (Å²) in [4.78, 5) is 24.6. The van der Waals surface area contributed by atoms with Crippen molar-refractivity contribution in [3.05, 3.63) is 58.6 Å². The number of benzene rings is 1. The number of carbonyl (C=O) groups is 1. The Labute approximate surface area is 188 Å². The van der Waals surface area contributed by atoms with E-state index in [1.165, 1.54) is 6.07 Å². The van der Waals surface area contributed by atoms with Gasteiger partial charge in [-0.1, -0.05) is 24.3 Å². The lowest BCUT2D eigenvalue weighted by molar-refractivity contribution is 0.0124. The molecule has 0 aliphatic carbocycles. The summed E-state index contributed by atoms with van der Waals surface area (Å²) >= 11 is 0. The molecule has 4 rings (SSSR count). The number of aromatic amines is 1. The number of rotatable bonds is 2. The van der Waals surface area contributed by atoms with Gasteiger partial charge in [-0.2, -0.15) is 0 Å². The van der Waals surface area contributed by atoms with Crippen LogP contribution in [-0.2, 0) is 4.74 Å². The molecule has 3 heterocycles. The van der Waals surface area contributed by atoms with Crippen LogP contribution in [0.4, 0.5) is 9.18 Å². The van der Waals surface area contributed by atoms with Crippen LogP contribution in [0.5, 0.6) is 0 Å². The van der Waals surface area contributed by atoms with Crippen LogP contribution < -0.4 is 10.7 Å². The molecule has 1 saturated heterocycles. The maximum Gasteiger partial charge on any atom is 0.410 e. The van der Waals surface area contributed by atoms with Crippen LogP contribution in [0.3, 0.4) is 0 Å². The number of aromatic nitrogens is 1. The van der Waals surface area contributed by atoms with E-state index in [9.17, 15) is 9.18 Å². The van der Waals surface area contributed by atoms with Gasteiger partial charge in [0.25, 0.3) is 0 Å². The largest absolute Gasteiger partial charge is 0.444 e. The molecule has 0 radical (unpaired) electrons. The minimum atomic E-state index is -0.525. The minimum absolute atomic E-state index is 0.0592. The Morgan fingerprint density at radius 3 is 2.66 bits per heavy atom. The highest BCUT2D eigenvalue weighted by Crippen LogP contribution is 2.26. The maximum absolute atomic E-state index is 14.7. The first-order chi connectivity index (χ1) is 15.2. The number of amides is 1. The molecule has 1 amide bonds. The third-order valence-corrected chi connectivity index (χ3v) is 5.85. The molecule has 1 aromatic heterocycles. The van der Waals surface area contributed by atoms with E-state index in [-0.39, 0.29) is 18.0 Å².